The summed E-state index contributed by atoms with van der Waals surface area (Å²) in [5.74, 6) is 0.443. The summed E-state index contributed by atoms with van der Waals surface area (Å²) in [6.45, 7) is 3.49. The van der Waals surface area contributed by atoms with Gasteiger partial charge in [0.2, 0.25) is 11.8 Å². The van der Waals surface area contributed by atoms with Gasteiger partial charge in [0.1, 0.15) is 17.6 Å². The van der Waals surface area contributed by atoms with Crippen LogP contribution in [0.4, 0.5) is 11.5 Å². The van der Waals surface area contributed by atoms with Gasteiger partial charge < -0.3 is 20.3 Å². The maximum atomic E-state index is 12.5. The summed E-state index contributed by atoms with van der Waals surface area (Å²) < 4.78 is 5.60. The molecule has 1 unspecified atom stereocenters. The molecule has 1 atom stereocenters. The number of carbonyl (C=O) groups excluding carboxylic acids is 2. The molecule has 1 saturated heterocycles. The molecule has 2 heterocycles. The third kappa shape index (κ3) is 4.82. The highest BCUT2D eigenvalue weighted by Crippen LogP contribution is 2.33. The highest BCUT2D eigenvalue weighted by Gasteiger charge is 2.36. The van der Waals surface area contributed by atoms with Crippen molar-refractivity contribution < 1.29 is 14.3 Å². The van der Waals surface area contributed by atoms with E-state index in [1.54, 1.807) is 23.2 Å². The van der Waals surface area contributed by atoms with Crippen molar-refractivity contribution in [2.45, 2.75) is 13.3 Å². The van der Waals surface area contributed by atoms with Crippen molar-refractivity contribution in [1.82, 2.24) is 10.3 Å². The van der Waals surface area contributed by atoms with E-state index in [1.807, 2.05) is 31.2 Å². The number of amides is 2. The molecule has 1 fully saturated rings. The SMILES string of the molecule is CCOc1ccccc1N1CC(C(=O)NCCNc2ncccc2C#N)CC1=O. The molecular formula is C21H23N5O3. The first-order valence-corrected chi connectivity index (χ1v) is 9.53. The highest BCUT2D eigenvalue weighted by atomic mass is 16.5. The van der Waals surface area contributed by atoms with Gasteiger partial charge in [0.05, 0.1) is 23.8 Å². The second kappa shape index (κ2) is 9.55. The number of anilines is 2. The van der Waals surface area contributed by atoms with E-state index in [0.717, 1.165) is 0 Å². The molecule has 1 aromatic carbocycles. The number of ether oxygens (including phenoxy) is 1. The summed E-state index contributed by atoms with van der Waals surface area (Å²) in [5.41, 5.74) is 1.14. The Morgan fingerprint density at radius 1 is 1.31 bits per heavy atom. The summed E-state index contributed by atoms with van der Waals surface area (Å²) in [6.07, 6.45) is 1.76. The Balaban J connectivity index is 1.52. The Bertz CT molecular complexity index is 925. The van der Waals surface area contributed by atoms with Crippen LogP contribution < -0.4 is 20.3 Å². The van der Waals surface area contributed by atoms with Gasteiger partial charge in [0.25, 0.3) is 0 Å². The van der Waals surface area contributed by atoms with E-state index in [-0.39, 0.29) is 18.2 Å². The van der Waals surface area contributed by atoms with Gasteiger partial charge in [-0.15, -0.1) is 0 Å². The Labute approximate surface area is 169 Å². The number of para-hydroxylation sites is 2. The van der Waals surface area contributed by atoms with Gasteiger partial charge >= 0.3 is 0 Å². The fourth-order valence-corrected chi connectivity index (χ4v) is 3.22. The summed E-state index contributed by atoms with van der Waals surface area (Å²) in [5, 5.41) is 14.9. The Morgan fingerprint density at radius 2 is 2.14 bits per heavy atom. The van der Waals surface area contributed by atoms with E-state index in [1.165, 1.54) is 0 Å². The zero-order valence-corrected chi connectivity index (χ0v) is 16.2. The molecule has 8 nitrogen and oxygen atoms in total. The minimum absolute atomic E-state index is 0.0948. The van der Waals surface area contributed by atoms with Crippen molar-refractivity contribution in [1.29, 1.82) is 5.26 Å². The van der Waals surface area contributed by atoms with E-state index in [2.05, 4.69) is 21.7 Å². The lowest BCUT2D eigenvalue weighted by atomic mass is 10.1. The smallest absolute Gasteiger partial charge is 0.227 e. The third-order valence-electron chi connectivity index (χ3n) is 4.60. The monoisotopic (exact) mass is 393 g/mol. The molecule has 0 spiro atoms. The molecule has 2 aromatic rings. The minimum atomic E-state index is -0.415. The molecule has 2 N–H and O–H groups in total. The lowest BCUT2D eigenvalue weighted by Gasteiger charge is -2.20. The van der Waals surface area contributed by atoms with Gasteiger partial charge in [-0.25, -0.2) is 4.98 Å². The fraction of sp³-hybridized carbons (Fsp3) is 0.333. The van der Waals surface area contributed by atoms with Gasteiger partial charge in [0, 0.05) is 32.3 Å². The predicted molar refractivity (Wildman–Crippen MR) is 109 cm³/mol. The number of aromatic nitrogens is 1. The third-order valence-corrected chi connectivity index (χ3v) is 4.60. The highest BCUT2D eigenvalue weighted by molar-refractivity contribution is 6.01. The van der Waals surface area contributed by atoms with Crippen LogP contribution in [0, 0.1) is 17.2 Å². The average molecular weight is 393 g/mol. The molecule has 8 heteroatoms. The molecule has 29 heavy (non-hydrogen) atoms. The first kappa shape index (κ1) is 20.1. The number of pyridine rings is 1. The van der Waals surface area contributed by atoms with Crippen LogP contribution in [0.5, 0.6) is 5.75 Å². The largest absolute Gasteiger partial charge is 0.492 e. The normalized spacial score (nSPS) is 15.7. The first-order valence-electron chi connectivity index (χ1n) is 9.53. The number of nitrogens with zero attached hydrogens (tertiary/aromatic N) is 3. The van der Waals surface area contributed by atoms with Gasteiger partial charge in [-0.1, -0.05) is 12.1 Å². The van der Waals surface area contributed by atoms with Crippen LogP contribution in [0.2, 0.25) is 0 Å². The van der Waals surface area contributed by atoms with Crippen molar-refractivity contribution in [2.75, 3.05) is 36.5 Å². The maximum absolute atomic E-state index is 12.5. The number of nitriles is 1. The van der Waals surface area contributed by atoms with Crippen LogP contribution in [0.1, 0.15) is 18.9 Å². The summed E-state index contributed by atoms with van der Waals surface area (Å²) in [4.78, 5) is 30.7. The topological polar surface area (TPSA) is 107 Å². The number of benzene rings is 1. The van der Waals surface area contributed by atoms with E-state index in [0.29, 0.717) is 49.1 Å². The Hall–Kier alpha value is -3.60. The number of hydrogen-bond donors (Lipinski definition) is 2. The molecule has 0 saturated carbocycles. The van der Waals surface area contributed by atoms with Gasteiger partial charge in [-0.3, -0.25) is 9.59 Å². The van der Waals surface area contributed by atoms with Crippen molar-refractivity contribution in [3.05, 3.63) is 48.2 Å². The lowest BCUT2D eigenvalue weighted by molar-refractivity contribution is -0.126. The van der Waals surface area contributed by atoms with Crippen LogP contribution in [-0.4, -0.2) is 43.0 Å². The van der Waals surface area contributed by atoms with Crippen molar-refractivity contribution in [3.8, 4) is 11.8 Å². The fourth-order valence-electron chi connectivity index (χ4n) is 3.22. The first-order chi connectivity index (χ1) is 14.1. The molecular weight excluding hydrogens is 370 g/mol. The molecule has 1 aromatic heterocycles. The second-order valence-electron chi connectivity index (χ2n) is 6.54. The summed E-state index contributed by atoms with van der Waals surface area (Å²) in [6, 6.07) is 12.8. The molecule has 1 aliphatic rings. The molecule has 0 radical (unpaired) electrons. The lowest BCUT2D eigenvalue weighted by Crippen LogP contribution is -2.35. The van der Waals surface area contributed by atoms with E-state index in [4.69, 9.17) is 10.00 Å². The van der Waals surface area contributed by atoms with E-state index >= 15 is 0 Å². The molecule has 0 aliphatic carbocycles. The number of carbonyl (C=O) groups is 2. The zero-order chi connectivity index (χ0) is 20.6. The van der Waals surface area contributed by atoms with Crippen LogP contribution >= 0.6 is 0 Å². The van der Waals surface area contributed by atoms with Crippen LogP contribution in [0.3, 0.4) is 0 Å². The molecule has 0 bridgehead atoms. The van der Waals surface area contributed by atoms with Crippen LogP contribution in [-0.2, 0) is 9.59 Å². The van der Waals surface area contributed by atoms with Crippen molar-refractivity contribution in [3.63, 3.8) is 0 Å². The minimum Gasteiger partial charge on any atom is -0.492 e. The Morgan fingerprint density at radius 3 is 2.93 bits per heavy atom. The van der Waals surface area contributed by atoms with Gasteiger partial charge in [0.15, 0.2) is 0 Å². The second-order valence-corrected chi connectivity index (χ2v) is 6.54. The molecule has 3 rings (SSSR count). The molecule has 2 amide bonds. The van der Waals surface area contributed by atoms with Crippen molar-refractivity contribution >= 4 is 23.3 Å². The molecule has 150 valence electrons. The quantitative estimate of drug-likeness (QED) is 0.664. The number of rotatable bonds is 8. The molecule has 1 aliphatic heterocycles. The van der Waals surface area contributed by atoms with Gasteiger partial charge in [-0.05, 0) is 31.2 Å². The summed E-state index contributed by atoms with van der Waals surface area (Å²) >= 11 is 0. The van der Waals surface area contributed by atoms with Gasteiger partial charge in [-0.2, -0.15) is 5.26 Å². The van der Waals surface area contributed by atoms with Crippen LogP contribution in [0.15, 0.2) is 42.6 Å². The van der Waals surface area contributed by atoms with Crippen molar-refractivity contribution in [2.24, 2.45) is 5.92 Å². The average Bonchev–Trinajstić information content (AvgIpc) is 3.13. The number of nitrogens with one attached hydrogen (secondary N) is 2. The summed E-state index contributed by atoms with van der Waals surface area (Å²) in [7, 11) is 0. The standard InChI is InChI=1S/C21H23N5O3/c1-2-29-18-8-4-3-7-17(18)26-14-16(12-19(26)27)21(28)25-11-10-24-20-15(13-22)6-5-9-23-20/h3-9,16H,2,10-12,14H2,1H3,(H,23,24)(H,25,28). The zero-order valence-electron chi connectivity index (χ0n) is 16.2. The Kier molecular flexibility index (Phi) is 6.63. The van der Waals surface area contributed by atoms with Crippen LogP contribution in [0.25, 0.3) is 0 Å². The number of hydrogen-bond acceptors (Lipinski definition) is 6. The predicted octanol–water partition coefficient (Wildman–Crippen LogP) is 1.93. The van der Waals surface area contributed by atoms with E-state index < -0.39 is 5.92 Å². The maximum Gasteiger partial charge on any atom is 0.227 e. The van der Waals surface area contributed by atoms with E-state index in [9.17, 15) is 9.59 Å².